The summed E-state index contributed by atoms with van der Waals surface area (Å²) < 4.78 is 7.26. The molecule has 1 fully saturated rings. The third-order valence-corrected chi connectivity index (χ3v) is 3.84. The quantitative estimate of drug-likeness (QED) is 0.875. The van der Waals surface area contributed by atoms with Crippen LogP contribution in [0.5, 0.6) is 0 Å². The Morgan fingerprint density at radius 1 is 1.38 bits per heavy atom. The maximum atomic E-state index is 8.99. The Morgan fingerprint density at radius 2 is 2.33 bits per heavy atom. The molecule has 0 aliphatic carbocycles. The zero-order valence-electron chi connectivity index (χ0n) is 12.0. The average Bonchev–Trinajstić information content (AvgIpc) is 3.19. The van der Waals surface area contributed by atoms with E-state index in [4.69, 9.17) is 9.84 Å². The maximum Gasteiger partial charge on any atom is 0.114 e. The Bertz CT molecular complexity index is 561. The summed E-state index contributed by atoms with van der Waals surface area (Å²) in [5.74, 6) is 0.711. The molecule has 0 radical (unpaired) electrons. The molecular weight excluding hydrogens is 268 g/mol. The lowest BCUT2D eigenvalue weighted by molar-refractivity contribution is 0.183. The Balaban J connectivity index is 1.54. The number of hydrogen-bond acceptors (Lipinski definition) is 5. The molecule has 112 valence electrons. The van der Waals surface area contributed by atoms with E-state index < -0.39 is 0 Å². The van der Waals surface area contributed by atoms with Crippen LogP contribution in [0, 0.1) is 5.92 Å². The summed E-state index contributed by atoms with van der Waals surface area (Å²) in [6.45, 7) is 2.66. The lowest BCUT2D eigenvalue weighted by atomic mass is 10.0. The van der Waals surface area contributed by atoms with Gasteiger partial charge >= 0.3 is 0 Å². The van der Waals surface area contributed by atoms with Crippen molar-refractivity contribution in [1.29, 1.82) is 0 Å². The highest BCUT2D eigenvalue weighted by molar-refractivity contribution is 5.56. The van der Waals surface area contributed by atoms with Gasteiger partial charge < -0.3 is 9.84 Å². The van der Waals surface area contributed by atoms with E-state index >= 15 is 0 Å². The Labute approximate surface area is 123 Å². The van der Waals surface area contributed by atoms with Crippen molar-refractivity contribution in [3.63, 3.8) is 0 Å². The van der Waals surface area contributed by atoms with Crippen molar-refractivity contribution in [1.82, 2.24) is 20.0 Å². The van der Waals surface area contributed by atoms with Crippen LogP contribution >= 0.6 is 0 Å². The minimum absolute atomic E-state index is 0.0438. The van der Waals surface area contributed by atoms with E-state index in [9.17, 15) is 0 Å². The minimum atomic E-state index is -0.0438. The second-order valence-electron chi connectivity index (χ2n) is 5.44. The summed E-state index contributed by atoms with van der Waals surface area (Å²) >= 11 is 0. The molecule has 3 rings (SSSR count). The molecule has 1 aliphatic heterocycles. The molecule has 2 aromatic heterocycles. The number of aryl methyl sites for hydroxylation is 1. The Kier molecular flexibility index (Phi) is 4.57. The average molecular weight is 288 g/mol. The lowest BCUT2D eigenvalue weighted by Crippen LogP contribution is -2.04. The highest BCUT2D eigenvalue weighted by atomic mass is 16.5. The standard InChI is InChI=1S/C15H20N4O2/c20-10-14-4-3-13(8-16-14)15-9-19(18-17-15)6-1-2-12-5-7-21-11-12/h3-4,8-9,12,20H,1-2,5-7,10-11H2. The molecule has 0 amide bonds. The van der Waals surface area contributed by atoms with Gasteiger partial charge in [-0.25, -0.2) is 0 Å². The number of aliphatic hydroxyl groups excluding tert-OH is 1. The van der Waals surface area contributed by atoms with Crippen LogP contribution in [0.25, 0.3) is 11.3 Å². The van der Waals surface area contributed by atoms with Crippen molar-refractivity contribution in [3.8, 4) is 11.3 Å². The fraction of sp³-hybridized carbons (Fsp3) is 0.533. The summed E-state index contributed by atoms with van der Waals surface area (Å²) in [5.41, 5.74) is 2.39. The molecule has 2 aromatic rings. The predicted octanol–water partition coefficient (Wildman–Crippen LogP) is 1.65. The van der Waals surface area contributed by atoms with Crippen molar-refractivity contribution < 1.29 is 9.84 Å². The van der Waals surface area contributed by atoms with Crippen molar-refractivity contribution >= 4 is 0 Å². The summed E-state index contributed by atoms with van der Waals surface area (Å²) in [4.78, 5) is 4.16. The lowest BCUT2D eigenvalue weighted by Gasteiger charge is -2.06. The highest BCUT2D eigenvalue weighted by Gasteiger charge is 2.15. The third-order valence-electron chi connectivity index (χ3n) is 3.84. The molecule has 1 aliphatic rings. The molecule has 0 spiro atoms. The number of aliphatic hydroxyl groups is 1. The molecule has 21 heavy (non-hydrogen) atoms. The van der Waals surface area contributed by atoms with Gasteiger partial charge in [-0.15, -0.1) is 5.10 Å². The largest absolute Gasteiger partial charge is 0.390 e. The molecule has 6 heteroatoms. The van der Waals surface area contributed by atoms with E-state index in [0.717, 1.165) is 37.4 Å². The molecule has 3 heterocycles. The molecule has 0 bridgehead atoms. The summed E-state index contributed by atoms with van der Waals surface area (Å²) in [6.07, 6.45) is 7.13. The van der Waals surface area contributed by atoms with Gasteiger partial charge in [0.05, 0.1) is 18.5 Å². The normalized spacial score (nSPS) is 18.2. The number of rotatable bonds is 6. The van der Waals surface area contributed by atoms with Crippen molar-refractivity contribution in [2.24, 2.45) is 5.92 Å². The van der Waals surface area contributed by atoms with Gasteiger partial charge in [-0.3, -0.25) is 9.67 Å². The summed E-state index contributed by atoms with van der Waals surface area (Å²) in [7, 11) is 0. The first kappa shape index (κ1) is 14.2. The second-order valence-corrected chi connectivity index (χ2v) is 5.44. The van der Waals surface area contributed by atoms with Crippen molar-refractivity contribution in [2.45, 2.75) is 32.4 Å². The van der Waals surface area contributed by atoms with Gasteiger partial charge in [-0.1, -0.05) is 5.21 Å². The molecule has 6 nitrogen and oxygen atoms in total. The van der Waals surface area contributed by atoms with Crippen LogP contribution in [0.3, 0.4) is 0 Å². The molecule has 1 saturated heterocycles. The topological polar surface area (TPSA) is 73.1 Å². The summed E-state index contributed by atoms with van der Waals surface area (Å²) in [6, 6.07) is 3.71. The van der Waals surface area contributed by atoms with Gasteiger partial charge in [0.25, 0.3) is 0 Å². The van der Waals surface area contributed by atoms with Crippen LogP contribution in [-0.4, -0.2) is 38.3 Å². The van der Waals surface area contributed by atoms with Crippen molar-refractivity contribution in [2.75, 3.05) is 13.2 Å². The first-order valence-corrected chi connectivity index (χ1v) is 7.39. The fourth-order valence-electron chi connectivity index (χ4n) is 2.56. The van der Waals surface area contributed by atoms with Crippen LogP contribution in [-0.2, 0) is 17.9 Å². The van der Waals surface area contributed by atoms with E-state index in [2.05, 4.69) is 15.3 Å². The first-order chi connectivity index (χ1) is 10.3. The van der Waals surface area contributed by atoms with Gasteiger partial charge in [-0.05, 0) is 37.3 Å². The zero-order valence-corrected chi connectivity index (χ0v) is 12.0. The van der Waals surface area contributed by atoms with Gasteiger partial charge in [0, 0.05) is 31.5 Å². The van der Waals surface area contributed by atoms with E-state index in [1.54, 1.807) is 12.3 Å². The van der Waals surface area contributed by atoms with Gasteiger partial charge in [0.1, 0.15) is 5.69 Å². The highest BCUT2D eigenvalue weighted by Crippen LogP contribution is 2.19. The Morgan fingerprint density at radius 3 is 3.05 bits per heavy atom. The number of aromatic nitrogens is 4. The van der Waals surface area contributed by atoms with Crippen LogP contribution in [0.1, 0.15) is 25.0 Å². The third kappa shape index (κ3) is 3.65. The van der Waals surface area contributed by atoms with Gasteiger partial charge in [-0.2, -0.15) is 0 Å². The van der Waals surface area contributed by atoms with E-state index in [1.165, 1.54) is 12.8 Å². The van der Waals surface area contributed by atoms with Crippen molar-refractivity contribution in [3.05, 3.63) is 30.2 Å². The van der Waals surface area contributed by atoms with E-state index in [1.807, 2.05) is 16.9 Å². The second kappa shape index (κ2) is 6.78. The Hall–Kier alpha value is -1.79. The molecule has 1 unspecified atom stereocenters. The van der Waals surface area contributed by atoms with E-state index in [-0.39, 0.29) is 6.61 Å². The molecule has 0 aromatic carbocycles. The van der Waals surface area contributed by atoms with Gasteiger partial charge in [0.15, 0.2) is 0 Å². The van der Waals surface area contributed by atoms with E-state index in [0.29, 0.717) is 11.6 Å². The molecule has 1 atom stereocenters. The number of nitrogens with zero attached hydrogens (tertiary/aromatic N) is 4. The van der Waals surface area contributed by atoms with Crippen LogP contribution in [0.2, 0.25) is 0 Å². The zero-order chi connectivity index (χ0) is 14.5. The number of hydrogen-bond donors (Lipinski definition) is 1. The smallest absolute Gasteiger partial charge is 0.114 e. The van der Waals surface area contributed by atoms with Gasteiger partial charge in [0.2, 0.25) is 0 Å². The minimum Gasteiger partial charge on any atom is -0.390 e. The molecule has 1 N–H and O–H groups in total. The van der Waals surface area contributed by atoms with Crippen LogP contribution in [0.15, 0.2) is 24.5 Å². The SMILES string of the molecule is OCc1ccc(-c2cn(CCCC3CCOC3)nn2)cn1. The van der Waals surface area contributed by atoms with Crippen LogP contribution < -0.4 is 0 Å². The fourth-order valence-corrected chi connectivity index (χ4v) is 2.56. The maximum absolute atomic E-state index is 8.99. The monoisotopic (exact) mass is 288 g/mol. The number of pyridine rings is 1. The first-order valence-electron chi connectivity index (χ1n) is 7.39. The summed E-state index contributed by atoms with van der Waals surface area (Å²) in [5, 5.41) is 17.3. The van der Waals surface area contributed by atoms with Crippen LogP contribution in [0.4, 0.5) is 0 Å². The predicted molar refractivity (Wildman–Crippen MR) is 77.3 cm³/mol. The number of ether oxygens (including phenoxy) is 1. The molecule has 0 saturated carbocycles. The molecular formula is C15H20N4O2.